The number of halogens is 3. The number of ether oxygens (including phenoxy) is 1. The van der Waals surface area contributed by atoms with Crippen molar-refractivity contribution in [2.24, 2.45) is 0 Å². The normalized spacial score (nSPS) is 13.3. The lowest BCUT2D eigenvalue weighted by Crippen LogP contribution is -2.36. The largest absolute Gasteiger partial charge is 0.381 e. The highest BCUT2D eigenvalue weighted by atomic mass is 32.2. The molecule has 1 saturated heterocycles. The predicted octanol–water partition coefficient (Wildman–Crippen LogP) is 5.56. The predicted molar refractivity (Wildman–Crippen MR) is 146 cm³/mol. The van der Waals surface area contributed by atoms with Crippen molar-refractivity contribution in [3.63, 3.8) is 0 Å². The molecule has 0 unspecified atom stereocenters. The van der Waals surface area contributed by atoms with Gasteiger partial charge in [0.05, 0.1) is 0 Å². The number of aromatic nitrogens is 2. The number of likely N-dealkylation sites (tertiary alicyclic amines) is 1. The third-order valence-electron chi connectivity index (χ3n) is 5.94. The van der Waals surface area contributed by atoms with Crippen molar-refractivity contribution in [2.45, 2.75) is 51.6 Å². The van der Waals surface area contributed by atoms with Crippen LogP contribution in [0.5, 0.6) is 0 Å². The van der Waals surface area contributed by atoms with Gasteiger partial charge in [-0.3, -0.25) is 4.90 Å². The molecule has 1 aliphatic heterocycles. The molecule has 1 fully saturated rings. The van der Waals surface area contributed by atoms with Crippen LogP contribution in [0, 0.1) is 17.5 Å². The molecule has 2 aromatic carbocycles. The van der Waals surface area contributed by atoms with E-state index in [1.807, 2.05) is 26.8 Å². The number of nitrogens with one attached hydrogen (secondary N) is 1. The summed E-state index contributed by atoms with van der Waals surface area (Å²) >= 11 is 0. The topological polar surface area (TPSA) is 87.7 Å². The second kappa shape index (κ2) is 14.2. The first-order valence-electron chi connectivity index (χ1n) is 12.9. The number of benzene rings is 2. The molecule has 0 radical (unpaired) electrons. The van der Waals surface area contributed by atoms with E-state index in [0.717, 1.165) is 37.2 Å². The van der Waals surface area contributed by atoms with Gasteiger partial charge in [-0.2, -0.15) is 5.10 Å². The summed E-state index contributed by atoms with van der Waals surface area (Å²) in [5, 5.41) is 10.2. The monoisotopic (exact) mass is 567 g/mol. The molecule has 1 aliphatic rings. The Morgan fingerprint density at radius 3 is 2.38 bits per heavy atom. The minimum atomic E-state index is -4.74. The van der Waals surface area contributed by atoms with Gasteiger partial charge in [0.1, 0.15) is 24.2 Å². The first-order valence-corrected chi connectivity index (χ1v) is 14.3. The van der Waals surface area contributed by atoms with Gasteiger partial charge >= 0.3 is 0 Å². The molecule has 1 N–H and O–H groups in total. The van der Waals surface area contributed by atoms with E-state index >= 15 is 8.78 Å². The van der Waals surface area contributed by atoms with Crippen LogP contribution in [0.4, 0.5) is 24.7 Å². The molecule has 0 aliphatic carbocycles. The summed E-state index contributed by atoms with van der Waals surface area (Å²) < 4.78 is 77.5. The Labute approximate surface area is 229 Å². The van der Waals surface area contributed by atoms with E-state index in [0.29, 0.717) is 22.8 Å². The summed E-state index contributed by atoms with van der Waals surface area (Å²) in [4.78, 5) is 1.03. The maximum atomic E-state index is 15.1. The molecule has 214 valence electrons. The van der Waals surface area contributed by atoms with Crippen molar-refractivity contribution in [2.75, 3.05) is 36.0 Å². The van der Waals surface area contributed by atoms with Crippen LogP contribution in [0.3, 0.4) is 0 Å². The van der Waals surface area contributed by atoms with Crippen LogP contribution in [-0.4, -0.2) is 49.9 Å². The van der Waals surface area contributed by atoms with Gasteiger partial charge in [-0.05, 0) is 61.8 Å². The number of hydrogen-bond donors (Lipinski definition) is 1. The zero-order valence-corrected chi connectivity index (χ0v) is 23.1. The molecule has 8 nitrogen and oxygen atoms in total. The first-order chi connectivity index (χ1) is 18.8. The highest BCUT2D eigenvalue weighted by molar-refractivity contribution is 7.92. The lowest BCUT2D eigenvalue weighted by molar-refractivity contribution is 0.143. The lowest BCUT2D eigenvalue weighted by atomic mass is 10.0. The number of sulfonamides is 1. The van der Waals surface area contributed by atoms with Crippen molar-refractivity contribution in [1.82, 2.24) is 15.1 Å². The Bertz CT molecular complexity index is 1310. The van der Waals surface area contributed by atoms with Gasteiger partial charge in [-0.25, -0.2) is 25.9 Å². The summed E-state index contributed by atoms with van der Waals surface area (Å²) in [5.41, 5.74) is 1.13. The minimum Gasteiger partial charge on any atom is -0.381 e. The van der Waals surface area contributed by atoms with E-state index < -0.39 is 39.1 Å². The Morgan fingerprint density at radius 1 is 1.08 bits per heavy atom. The molecular weight excluding hydrogens is 531 g/mol. The van der Waals surface area contributed by atoms with Crippen LogP contribution >= 0.6 is 0 Å². The Kier molecular flexibility index (Phi) is 11.1. The molecule has 0 saturated carbocycles. The Hall–Kier alpha value is -3.22. The van der Waals surface area contributed by atoms with E-state index in [1.54, 1.807) is 6.07 Å². The van der Waals surface area contributed by atoms with E-state index in [4.69, 9.17) is 4.74 Å². The zero-order valence-electron chi connectivity index (χ0n) is 22.3. The molecule has 1 aromatic heterocycles. The Balaban J connectivity index is 0.00000183. The van der Waals surface area contributed by atoms with Crippen LogP contribution in [-0.2, 0) is 27.8 Å². The highest BCUT2D eigenvalue weighted by Gasteiger charge is 2.33. The fourth-order valence-electron chi connectivity index (χ4n) is 3.92. The van der Waals surface area contributed by atoms with E-state index in [1.165, 1.54) is 24.4 Å². The van der Waals surface area contributed by atoms with E-state index in [-0.39, 0.29) is 26.1 Å². The van der Waals surface area contributed by atoms with Crippen LogP contribution < -0.4 is 9.62 Å². The fraction of sp³-hybridized carbons (Fsp3) is 0.407. The molecule has 0 spiro atoms. The maximum Gasteiger partial charge on any atom is 0.273 e. The molecule has 12 heteroatoms. The summed E-state index contributed by atoms with van der Waals surface area (Å²) in [6, 6.07) is 9.30. The molecule has 2 heterocycles. The minimum absolute atomic E-state index is 0. The van der Waals surface area contributed by atoms with E-state index in [2.05, 4.69) is 20.4 Å². The molecule has 0 amide bonds. The van der Waals surface area contributed by atoms with Crippen LogP contribution in [0.1, 0.15) is 46.2 Å². The first kappa shape index (κ1) is 30.3. The third kappa shape index (κ3) is 7.46. The second-order valence-electron chi connectivity index (χ2n) is 8.60. The number of rotatable bonds is 12. The van der Waals surface area contributed by atoms with Crippen LogP contribution in [0.15, 0.2) is 53.6 Å². The summed E-state index contributed by atoms with van der Waals surface area (Å²) in [6.45, 7) is 7.98. The quantitative estimate of drug-likeness (QED) is 0.226. The number of nitrogens with zero attached hydrogens (tertiary/aromatic N) is 4. The van der Waals surface area contributed by atoms with Crippen LogP contribution in [0.25, 0.3) is 0 Å². The second-order valence-corrected chi connectivity index (χ2v) is 10.4. The molecule has 0 bridgehead atoms. The molecule has 4 rings (SSSR count). The molecular formula is C27H36F3N5O3S. The van der Waals surface area contributed by atoms with Gasteiger partial charge in [-0.1, -0.05) is 32.9 Å². The average Bonchev–Trinajstić information content (AvgIpc) is 2.89. The number of anilines is 2. The molecule has 39 heavy (non-hydrogen) atoms. The van der Waals surface area contributed by atoms with Gasteiger partial charge in [-0.15, -0.1) is 5.10 Å². The van der Waals surface area contributed by atoms with Gasteiger partial charge in [0.15, 0.2) is 10.7 Å². The van der Waals surface area contributed by atoms with Crippen molar-refractivity contribution in [3.8, 4) is 0 Å². The standard InChI is InChI=1S/C25H28F3N5O3S.C2H6.H2/c1-2-12-36-17-33(24-8-4-9-30-31-24)37(34,35)25-22(27)13-19(14-23(25)28)29-15-20-18(6-3-7-21(20)26)16-32-10-5-11-32;1-2;/h3-4,6-9,13-14,29H,2,5,10-12,15-17H2,1H3;1-2H3;1H. The molecule has 3 aromatic rings. The lowest BCUT2D eigenvalue weighted by Gasteiger charge is -2.31. The average molecular weight is 568 g/mol. The molecule has 0 atom stereocenters. The fourth-order valence-corrected chi connectivity index (χ4v) is 5.30. The third-order valence-corrected chi connectivity index (χ3v) is 7.72. The number of hydrogen-bond acceptors (Lipinski definition) is 7. The smallest absolute Gasteiger partial charge is 0.273 e. The summed E-state index contributed by atoms with van der Waals surface area (Å²) in [7, 11) is -4.74. The van der Waals surface area contributed by atoms with Crippen molar-refractivity contribution in [3.05, 3.63) is 77.2 Å². The van der Waals surface area contributed by atoms with Crippen molar-refractivity contribution >= 4 is 21.5 Å². The van der Waals surface area contributed by atoms with Gasteiger partial charge in [0.25, 0.3) is 10.0 Å². The van der Waals surface area contributed by atoms with Gasteiger partial charge in [0.2, 0.25) is 0 Å². The Morgan fingerprint density at radius 2 is 1.79 bits per heavy atom. The van der Waals surface area contributed by atoms with Crippen LogP contribution in [0.2, 0.25) is 0 Å². The highest BCUT2D eigenvalue weighted by Crippen LogP contribution is 2.29. The van der Waals surface area contributed by atoms with Crippen molar-refractivity contribution in [1.29, 1.82) is 0 Å². The van der Waals surface area contributed by atoms with Gasteiger partial charge < -0.3 is 10.1 Å². The summed E-state index contributed by atoms with van der Waals surface area (Å²) in [5.74, 6) is -3.19. The van der Waals surface area contributed by atoms with Crippen molar-refractivity contribution < 1.29 is 27.8 Å². The SMILES string of the molecule is CC.CCCOCN(c1cccnn1)S(=O)(=O)c1c(F)cc(NCc2c(F)cccc2CN2CCC2)cc1F.[HH]. The maximum absolute atomic E-state index is 15.1. The zero-order chi connectivity index (χ0) is 28.4. The van der Waals surface area contributed by atoms with E-state index in [9.17, 15) is 12.8 Å². The summed E-state index contributed by atoms with van der Waals surface area (Å²) in [6.07, 6.45) is 3.04. The van der Waals surface area contributed by atoms with Gasteiger partial charge in [0, 0.05) is 38.6 Å².